The van der Waals surface area contributed by atoms with Crippen molar-refractivity contribution in [1.29, 1.82) is 0 Å². The molecular formula is C16H17NO2. The molecule has 2 aliphatic rings. The van der Waals surface area contributed by atoms with Gasteiger partial charge in [-0.3, -0.25) is 4.79 Å². The van der Waals surface area contributed by atoms with Crippen LogP contribution in [-0.2, 0) is 0 Å². The maximum atomic E-state index is 12.5. The van der Waals surface area contributed by atoms with Gasteiger partial charge in [0, 0.05) is 11.3 Å². The van der Waals surface area contributed by atoms with Gasteiger partial charge in [0.05, 0.1) is 0 Å². The van der Waals surface area contributed by atoms with Crippen molar-refractivity contribution < 1.29 is 9.21 Å². The van der Waals surface area contributed by atoms with Gasteiger partial charge in [-0.1, -0.05) is 18.2 Å². The van der Waals surface area contributed by atoms with E-state index in [1.54, 1.807) is 0 Å². The first kappa shape index (κ1) is 11.2. The number of furan rings is 1. The van der Waals surface area contributed by atoms with Crippen molar-refractivity contribution in [3.05, 3.63) is 36.1 Å². The van der Waals surface area contributed by atoms with Crippen molar-refractivity contribution in [2.24, 2.45) is 11.3 Å². The average Bonchev–Trinajstić information content (AvgIpc) is 2.96. The summed E-state index contributed by atoms with van der Waals surface area (Å²) in [6, 6.07) is 9.70. The van der Waals surface area contributed by atoms with Gasteiger partial charge < -0.3 is 9.73 Å². The Balaban J connectivity index is 1.61. The lowest BCUT2D eigenvalue weighted by Gasteiger charge is -2.22. The van der Waals surface area contributed by atoms with Gasteiger partial charge in [0.25, 0.3) is 0 Å². The zero-order valence-electron chi connectivity index (χ0n) is 10.8. The number of Topliss-reactive ketones (excluding diaryl/α,β-unsaturated/α-hetero) is 1. The summed E-state index contributed by atoms with van der Waals surface area (Å²) in [7, 11) is 0. The van der Waals surface area contributed by atoms with Crippen molar-refractivity contribution in [3.8, 4) is 0 Å². The van der Waals surface area contributed by atoms with Gasteiger partial charge in [-0.05, 0) is 49.9 Å². The number of piperidine rings is 1. The summed E-state index contributed by atoms with van der Waals surface area (Å²) >= 11 is 0. The molecule has 2 aromatic rings. The number of rotatable bonds is 2. The first-order valence-electron chi connectivity index (χ1n) is 7.02. The Bertz CT molecular complexity index is 604. The molecular weight excluding hydrogens is 238 g/mol. The molecule has 98 valence electrons. The highest BCUT2D eigenvalue weighted by atomic mass is 16.3. The third-order valence-electron chi connectivity index (χ3n) is 4.77. The van der Waals surface area contributed by atoms with E-state index >= 15 is 0 Å². The summed E-state index contributed by atoms with van der Waals surface area (Å²) in [5, 5.41) is 4.39. The second-order valence-electron chi connectivity index (χ2n) is 5.88. The van der Waals surface area contributed by atoms with Crippen LogP contribution in [0.25, 0.3) is 11.0 Å². The lowest BCUT2D eigenvalue weighted by atomic mass is 9.90. The zero-order chi connectivity index (χ0) is 12.9. The standard InChI is InChI=1S/C16H17NO2/c18-15(12-10-16(12)5-7-17-8-6-16)14-9-11-3-1-2-4-13(11)19-14/h1-4,9,12,17H,5-8,10H2. The summed E-state index contributed by atoms with van der Waals surface area (Å²) < 4.78 is 5.70. The zero-order valence-corrected chi connectivity index (χ0v) is 10.8. The monoisotopic (exact) mass is 255 g/mol. The molecule has 1 spiro atoms. The van der Waals surface area contributed by atoms with Crippen LogP contribution in [0.15, 0.2) is 34.7 Å². The molecule has 1 atom stereocenters. The van der Waals surface area contributed by atoms with Crippen molar-refractivity contribution >= 4 is 16.8 Å². The van der Waals surface area contributed by atoms with Crippen molar-refractivity contribution in [3.63, 3.8) is 0 Å². The third kappa shape index (κ3) is 1.72. The minimum absolute atomic E-state index is 0.190. The van der Waals surface area contributed by atoms with Crippen LogP contribution in [0.4, 0.5) is 0 Å². The number of hydrogen-bond acceptors (Lipinski definition) is 3. The molecule has 1 aliphatic heterocycles. The number of carbonyl (C=O) groups is 1. The molecule has 19 heavy (non-hydrogen) atoms. The molecule has 1 N–H and O–H groups in total. The molecule has 0 radical (unpaired) electrons. The fourth-order valence-corrected chi connectivity index (χ4v) is 3.47. The van der Waals surface area contributed by atoms with Crippen molar-refractivity contribution in [1.82, 2.24) is 5.32 Å². The third-order valence-corrected chi connectivity index (χ3v) is 4.77. The number of benzene rings is 1. The fraction of sp³-hybridized carbons (Fsp3) is 0.438. The Morgan fingerprint density at radius 3 is 2.84 bits per heavy atom. The summed E-state index contributed by atoms with van der Waals surface area (Å²) in [6.45, 7) is 2.09. The molecule has 1 saturated heterocycles. The van der Waals surface area contributed by atoms with Gasteiger partial charge in [0.2, 0.25) is 5.78 Å². The number of fused-ring (bicyclic) bond motifs is 1. The Labute approximate surface area is 112 Å². The molecule has 1 saturated carbocycles. The van der Waals surface area contributed by atoms with Crippen LogP contribution in [0.1, 0.15) is 29.8 Å². The summed E-state index contributed by atoms with van der Waals surface area (Å²) in [4.78, 5) is 12.5. The Morgan fingerprint density at radius 1 is 1.26 bits per heavy atom. The summed E-state index contributed by atoms with van der Waals surface area (Å²) in [6.07, 6.45) is 3.30. The molecule has 1 aromatic carbocycles. The van der Waals surface area contributed by atoms with E-state index in [-0.39, 0.29) is 17.1 Å². The highest BCUT2D eigenvalue weighted by molar-refractivity contribution is 6.01. The Morgan fingerprint density at radius 2 is 2.05 bits per heavy atom. The van der Waals surface area contributed by atoms with Crippen molar-refractivity contribution in [2.75, 3.05) is 13.1 Å². The van der Waals surface area contributed by atoms with E-state index in [2.05, 4.69) is 5.32 Å². The van der Waals surface area contributed by atoms with Crippen LogP contribution < -0.4 is 5.32 Å². The number of nitrogens with one attached hydrogen (secondary N) is 1. The maximum Gasteiger partial charge on any atom is 0.201 e. The normalized spacial score (nSPS) is 24.7. The Hall–Kier alpha value is -1.61. The largest absolute Gasteiger partial charge is 0.453 e. The van der Waals surface area contributed by atoms with Crippen molar-refractivity contribution in [2.45, 2.75) is 19.3 Å². The van der Waals surface area contributed by atoms with E-state index in [4.69, 9.17) is 4.42 Å². The van der Waals surface area contributed by atoms with E-state index in [1.807, 2.05) is 30.3 Å². The molecule has 1 aliphatic carbocycles. The van der Waals surface area contributed by atoms with Gasteiger partial charge in [0.15, 0.2) is 5.76 Å². The Kier molecular flexibility index (Phi) is 2.33. The molecule has 0 amide bonds. The molecule has 1 unspecified atom stereocenters. The van der Waals surface area contributed by atoms with E-state index in [0.717, 1.165) is 43.3 Å². The van der Waals surface area contributed by atoms with Crippen LogP contribution in [0.2, 0.25) is 0 Å². The molecule has 3 heteroatoms. The van der Waals surface area contributed by atoms with Gasteiger partial charge in [-0.25, -0.2) is 0 Å². The van der Waals surface area contributed by atoms with Crippen LogP contribution in [0, 0.1) is 11.3 Å². The highest BCUT2D eigenvalue weighted by Gasteiger charge is 2.58. The SMILES string of the molecule is O=C(c1cc2ccccc2o1)C1CC12CCNCC2. The first-order valence-corrected chi connectivity index (χ1v) is 7.02. The predicted octanol–water partition coefficient (Wildman–Crippen LogP) is 3.01. The van der Waals surface area contributed by atoms with Gasteiger partial charge >= 0.3 is 0 Å². The first-order chi connectivity index (χ1) is 9.28. The lowest BCUT2D eigenvalue weighted by molar-refractivity contribution is 0.0915. The van der Waals surface area contributed by atoms with Gasteiger partial charge in [-0.2, -0.15) is 0 Å². The topological polar surface area (TPSA) is 42.2 Å². The minimum atomic E-state index is 0.190. The summed E-state index contributed by atoms with van der Waals surface area (Å²) in [5.41, 5.74) is 1.09. The van der Waals surface area contributed by atoms with E-state index in [1.165, 1.54) is 0 Å². The minimum Gasteiger partial charge on any atom is -0.453 e. The number of para-hydroxylation sites is 1. The highest BCUT2D eigenvalue weighted by Crippen LogP contribution is 2.59. The average molecular weight is 255 g/mol. The quantitative estimate of drug-likeness (QED) is 0.839. The van der Waals surface area contributed by atoms with Crippen LogP contribution >= 0.6 is 0 Å². The van der Waals surface area contributed by atoms with Crippen LogP contribution in [0.3, 0.4) is 0 Å². The molecule has 1 aromatic heterocycles. The second kappa shape index (κ2) is 3.94. The predicted molar refractivity (Wildman–Crippen MR) is 73.2 cm³/mol. The van der Waals surface area contributed by atoms with E-state index in [0.29, 0.717) is 5.76 Å². The molecule has 0 bridgehead atoms. The molecule has 4 rings (SSSR count). The van der Waals surface area contributed by atoms with Crippen LogP contribution in [-0.4, -0.2) is 18.9 Å². The molecule has 2 fully saturated rings. The molecule has 3 nitrogen and oxygen atoms in total. The van der Waals surface area contributed by atoms with Gasteiger partial charge in [0.1, 0.15) is 5.58 Å². The van der Waals surface area contributed by atoms with E-state index in [9.17, 15) is 4.79 Å². The number of ketones is 1. The molecule has 2 heterocycles. The summed E-state index contributed by atoms with van der Waals surface area (Å²) in [5.74, 6) is 0.940. The number of hydrogen-bond donors (Lipinski definition) is 1. The van der Waals surface area contributed by atoms with Crippen LogP contribution in [0.5, 0.6) is 0 Å². The lowest BCUT2D eigenvalue weighted by Crippen LogP contribution is -2.30. The number of carbonyl (C=O) groups excluding carboxylic acids is 1. The van der Waals surface area contributed by atoms with E-state index < -0.39 is 0 Å². The second-order valence-corrected chi connectivity index (χ2v) is 5.88. The maximum absolute atomic E-state index is 12.5. The smallest absolute Gasteiger partial charge is 0.201 e. The fourth-order valence-electron chi connectivity index (χ4n) is 3.47. The van der Waals surface area contributed by atoms with Gasteiger partial charge in [-0.15, -0.1) is 0 Å².